The lowest BCUT2D eigenvalue weighted by molar-refractivity contribution is 0.00718. The molecule has 0 spiro atoms. The molecule has 2 saturated heterocycles. The van der Waals surface area contributed by atoms with Gasteiger partial charge in [-0.15, -0.1) is 10.2 Å². The molecule has 1 aromatic carbocycles. The van der Waals surface area contributed by atoms with Crippen LogP contribution in [0.3, 0.4) is 0 Å². The van der Waals surface area contributed by atoms with E-state index in [1.165, 1.54) is 0 Å². The standard InChI is InChI=1S/C24H35F2N5O2/c1-23(2,3)20-19(8-15-33-20)21-27-28-22(31(21)10-9-24(4,25)26)30-13-11-29(12-14-30)17-6-5-7-18(32)16-17/h5-7,16,19-20,32H,8-15H2,1-4H3/t19-,20-/m1/s1. The highest BCUT2D eigenvalue weighted by Crippen LogP contribution is 2.41. The highest BCUT2D eigenvalue weighted by molar-refractivity contribution is 5.52. The van der Waals surface area contributed by atoms with E-state index < -0.39 is 5.92 Å². The number of piperazine rings is 1. The van der Waals surface area contributed by atoms with Gasteiger partial charge in [0.15, 0.2) is 0 Å². The van der Waals surface area contributed by atoms with E-state index in [4.69, 9.17) is 4.74 Å². The van der Waals surface area contributed by atoms with Crippen molar-refractivity contribution in [3.05, 3.63) is 30.1 Å². The van der Waals surface area contributed by atoms with Gasteiger partial charge >= 0.3 is 0 Å². The molecular weight excluding hydrogens is 428 g/mol. The van der Waals surface area contributed by atoms with Crippen molar-refractivity contribution in [2.75, 3.05) is 42.6 Å². The van der Waals surface area contributed by atoms with Crippen molar-refractivity contribution in [2.24, 2.45) is 5.41 Å². The minimum Gasteiger partial charge on any atom is -0.508 e. The van der Waals surface area contributed by atoms with Crippen molar-refractivity contribution >= 4 is 11.6 Å². The Hall–Kier alpha value is -2.42. The minimum atomic E-state index is -2.76. The second kappa shape index (κ2) is 9.08. The van der Waals surface area contributed by atoms with E-state index in [1.54, 1.807) is 12.1 Å². The van der Waals surface area contributed by atoms with Crippen molar-refractivity contribution in [3.63, 3.8) is 0 Å². The summed E-state index contributed by atoms with van der Waals surface area (Å²) in [6, 6.07) is 7.23. The smallest absolute Gasteiger partial charge is 0.247 e. The van der Waals surface area contributed by atoms with Crippen LogP contribution in [0.4, 0.5) is 20.4 Å². The Morgan fingerprint density at radius 1 is 1.06 bits per heavy atom. The molecule has 2 aliphatic rings. The molecule has 0 bridgehead atoms. The van der Waals surface area contributed by atoms with E-state index in [0.717, 1.165) is 37.9 Å². The second-order valence-corrected chi connectivity index (χ2v) is 10.4. The lowest BCUT2D eigenvalue weighted by atomic mass is 9.81. The molecule has 0 aliphatic carbocycles. The summed E-state index contributed by atoms with van der Waals surface area (Å²) in [6.07, 6.45) is 0.522. The first-order valence-electron chi connectivity index (χ1n) is 11.7. The molecule has 3 heterocycles. The Morgan fingerprint density at radius 2 is 1.76 bits per heavy atom. The van der Waals surface area contributed by atoms with Crippen LogP contribution < -0.4 is 9.80 Å². The van der Waals surface area contributed by atoms with E-state index in [1.807, 2.05) is 16.7 Å². The van der Waals surface area contributed by atoms with Gasteiger partial charge in [0.2, 0.25) is 11.9 Å². The van der Waals surface area contributed by atoms with E-state index in [2.05, 4.69) is 40.8 Å². The number of rotatable bonds is 6. The van der Waals surface area contributed by atoms with Crippen LogP contribution in [0.15, 0.2) is 24.3 Å². The van der Waals surface area contributed by atoms with Crippen LogP contribution in [0.25, 0.3) is 0 Å². The molecule has 2 aromatic rings. The van der Waals surface area contributed by atoms with Crippen LogP contribution in [0.2, 0.25) is 0 Å². The number of phenolic OH excluding ortho intramolecular Hbond substituents is 1. The first kappa shape index (κ1) is 23.7. The van der Waals surface area contributed by atoms with Gasteiger partial charge in [-0.25, -0.2) is 8.78 Å². The predicted molar refractivity (Wildman–Crippen MR) is 124 cm³/mol. The van der Waals surface area contributed by atoms with Crippen LogP contribution in [-0.2, 0) is 11.3 Å². The number of hydrogen-bond acceptors (Lipinski definition) is 6. The summed E-state index contributed by atoms with van der Waals surface area (Å²) < 4.78 is 35.6. The fourth-order valence-electron chi connectivity index (χ4n) is 4.90. The Bertz CT molecular complexity index is 945. The molecule has 33 heavy (non-hydrogen) atoms. The second-order valence-electron chi connectivity index (χ2n) is 10.4. The number of phenols is 1. The van der Waals surface area contributed by atoms with Crippen LogP contribution in [-0.4, -0.2) is 64.7 Å². The van der Waals surface area contributed by atoms with Crippen LogP contribution in [0, 0.1) is 5.41 Å². The maximum absolute atomic E-state index is 13.8. The maximum atomic E-state index is 13.8. The highest BCUT2D eigenvalue weighted by Gasteiger charge is 2.41. The normalized spacial score (nSPS) is 22.2. The summed E-state index contributed by atoms with van der Waals surface area (Å²) in [7, 11) is 0. The van der Waals surface area contributed by atoms with Crippen molar-refractivity contribution in [2.45, 2.75) is 65.0 Å². The monoisotopic (exact) mass is 463 g/mol. The summed E-state index contributed by atoms with van der Waals surface area (Å²) in [5.74, 6) is -1.08. The summed E-state index contributed by atoms with van der Waals surface area (Å²) in [6.45, 7) is 11.1. The zero-order valence-corrected chi connectivity index (χ0v) is 20.0. The van der Waals surface area contributed by atoms with E-state index in [-0.39, 0.29) is 36.2 Å². The molecule has 4 rings (SSSR count). The van der Waals surface area contributed by atoms with Crippen LogP contribution >= 0.6 is 0 Å². The molecule has 1 N–H and O–H groups in total. The SMILES string of the molecule is CC(F)(F)CCn1c([C@@H]2CCO[C@H]2C(C)(C)C)nnc1N1CCN(c2cccc(O)c2)CC1. The first-order chi connectivity index (χ1) is 15.5. The zero-order valence-electron chi connectivity index (χ0n) is 20.0. The van der Waals surface area contributed by atoms with E-state index >= 15 is 0 Å². The molecule has 182 valence electrons. The molecule has 0 amide bonds. The number of alkyl halides is 2. The molecule has 9 heteroatoms. The lowest BCUT2D eigenvalue weighted by Gasteiger charge is -2.37. The zero-order chi connectivity index (χ0) is 23.8. The fraction of sp³-hybridized carbons (Fsp3) is 0.667. The number of nitrogens with zero attached hydrogens (tertiary/aromatic N) is 5. The lowest BCUT2D eigenvalue weighted by Crippen LogP contribution is -2.47. The summed E-state index contributed by atoms with van der Waals surface area (Å²) in [5.41, 5.74) is 0.887. The topological polar surface area (TPSA) is 66.7 Å². The number of anilines is 2. The number of benzene rings is 1. The number of aromatic nitrogens is 3. The molecule has 7 nitrogen and oxygen atoms in total. The molecule has 0 saturated carbocycles. The van der Waals surface area contributed by atoms with Gasteiger partial charge in [-0.3, -0.25) is 4.57 Å². The Kier molecular flexibility index (Phi) is 6.53. The molecule has 2 atom stereocenters. The quantitative estimate of drug-likeness (QED) is 0.690. The van der Waals surface area contributed by atoms with Crippen molar-refractivity contribution in [3.8, 4) is 5.75 Å². The largest absolute Gasteiger partial charge is 0.508 e. The average molecular weight is 464 g/mol. The summed E-state index contributed by atoms with van der Waals surface area (Å²) in [4.78, 5) is 4.34. The van der Waals surface area contributed by atoms with Crippen molar-refractivity contribution < 1.29 is 18.6 Å². The minimum absolute atomic E-state index is 0.0296. The Morgan fingerprint density at radius 3 is 2.39 bits per heavy atom. The molecule has 0 radical (unpaired) electrons. The van der Waals surface area contributed by atoms with Gasteiger partial charge in [0, 0.05) is 63.4 Å². The molecule has 2 aliphatic heterocycles. The molecule has 2 fully saturated rings. The number of hydrogen-bond donors (Lipinski definition) is 1. The van der Waals surface area contributed by atoms with Crippen LogP contribution in [0.1, 0.15) is 52.3 Å². The number of ether oxygens (including phenoxy) is 1. The Balaban J connectivity index is 1.56. The van der Waals surface area contributed by atoms with Gasteiger partial charge in [0.1, 0.15) is 11.6 Å². The van der Waals surface area contributed by atoms with Crippen LogP contribution in [0.5, 0.6) is 5.75 Å². The predicted octanol–water partition coefficient (Wildman–Crippen LogP) is 4.27. The van der Waals surface area contributed by atoms with Gasteiger partial charge < -0.3 is 19.6 Å². The third-order valence-electron chi connectivity index (χ3n) is 6.57. The highest BCUT2D eigenvalue weighted by atomic mass is 19.3. The maximum Gasteiger partial charge on any atom is 0.247 e. The molecule has 0 unspecified atom stereocenters. The molecular formula is C24H35F2N5O2. The van der Waals surface area contributed by atoms with Crippen molar-refractivity contribution in [1.82, 2.24) is 14.8 Å². The van der Waals surface area contributed by atoms with Crippen molar-refractivity contribution in [1.29, 1.82) is 0 Å². The average Bonchev–Trinajstić information content (AvgIpc) is 3.38. The van der Waals surface area contributed by atoms with Gasteiger partial charge in [-0.2, -0.15) is 0 Å². The summed E-state index contributed by atoms with van der Waals surface area (Å²) >= 11 is 0. The Labute approximate surface area is 194 Å². The van der Waals surface area contributed by atoms with E-state index in [0.29, 0.717) is 25.6 Å². The van der Waals surface area contributed by atoms with Gasteiger partial charge in [0.25, 0.3) is 0 Å². The number of halogens is 2. The summed E-state index contributed by atoms with van der Waals surface area (Å²) in [5, 5.41) is 18.8. The third kappa shape index (κ3) is 5.39. The van der Waals surface area contributed by atoms with Gasteiger partial charge in [0.05, 0.1) is 6.10 Å². The number of aromatic hydroxyl groups is 1. The van der Waals surface area contributed by atoms with E-state index in [9.17, 15) is 13.9 Å². The fourth-order valence-corrected chi connectivity index (χ4v) is 4.90. The van der Waals surface area contributed by atoms with Gasteiger partial charge in [-0.05, 0) is 30.9 Å². The molecule has 1 aromatic heterocycles. The first-order valence-corrected chi connectivity index (χ1v) is 11.7. The van der Waals surface area contributed by atoms with Gasteiger partial charge in [-0.1, -0.05) is 26.8 Å². The third-order valence-corrected chi connectivity index (χ3v) is 6.57.